The lowest BCUT2D eigenvalue weighted by atomic mass is 9.70. The van der Waals surface area contributed by atoms with Crippen LogP contribution < -0.4 is 10.6 Å². The Hall–Kier alpha value is -2.45. The van der Waals surface area contributed by atoms with Crippen LogP contribution in [-0.4, -0.2) is 64.7 Å². The zero-order valence-electron chi connectivity index (χ0n) is 21.6. The minimum Gasteiger partial charge on any atom is -0.394 e. The highest BCUT2D eigenvalue weighted by molar-refractivity contribution is 5.99. The Balaban J connectivity index is 1.78. The van der Waals surface area contributed by atoms with Gasteiger partial charge in [-0.1, -0.05) is 51.1 Å². The molecule has 3 heterocycles. The van der Waals surface area contributed by atoms with Gasteiger partial charge in [-0.15, -0.1) is 0 Å². The first-order valence-corrected chi connectivity index (χ1v) is 12.5. The highest BCUT2D eigenvalue weighted by atomic mass is 16.5. The van der Waals surface area contributed by atoms with Gasteiger partial charge in [-0.05, 0) is 44.1 Å². The van der Waals surface area contributed by atoms with Crippen molar-refractivity contribution in [1.82, 2.24) is 15.5 Å². The van der Waals surface area contributed by atoms with Crippen molar-refractivity contribution >= 4 is 17.7 Å². The van der Waals surface area contributed by atoms with E-state index in [1.807, 2.05) is 44.2 Å². The molecule has 4 rings (SSSR count). The van der Waals surface area contributed by atoms with E-state index in [-0.39, 0.29) is 29.7 Å². The summed E-state index contributed by atoms with van der Waals surface area (Å²) in [5.41, 5.74) is -0.912. The van der Waals surface area contributed by atoms with Crippen LogP contribution in [-0.2, 0) is 19.1 Å². The Labute approximate surface area is 207 Å². The summed E-state index contributed by atoms with van der Waals surface area (Å²) in [7, 11) is 1.55. The molecule has 1 spiro atoms. The van der Waals surface area contributed by atoms with Gasteiger partial charge < -0.3 is 25.4 Å². The molecule has 0 saturated carbocycles. The van der Waals surface area contributed by atoms with Gasteiger partial charge in [0.25, 0.3) is 0 Å². The summed E-state index contributed by atoms with van der Waals surface area (Å²) in [4.78, 5) is 42.5. The molecule has 3 N–H and O–H groups in total. The molecule has 2 bridgehead atoms. The molecule has 3 amide bonds. The van der Waals surface area contributed by atoms with E-state index in [0.29, 0.717) is 12.8 Å². The summed E-state index contributed by atoms with van der Waals surface area (Å²) in [5.74, 6) is -2.27. The lowest BCUT2D eigenvalue weighted by molar-refractivity contribution is -0.146. The molecule has 3 aliphatic heterocycles. The number of hydrogen-bond donors (Lipinski definition) is 3. The maximum atomic E-state index is 14.1. The average Bonchev–Trinajstić information content (AvgIpc) is 3.40. The molecule has 35 heavy (non-hydrogen) atoms. The van der Waals surface area contributed by atoms with Gasteiger partial charge in [0, 0.05) is 12.6 Å². The van der Waals surface area contributed by atoms with Gasteiger partial charge in [0.2, 0.25) is 17.7 Å². The Kier molecular flexibility index (Phi) is 6.51. The summed E-state index contributed by atoms with van der Waals surface area (Å²) in [6.45, 7) is 9.97. The SMILES string of the molecule is CNC(=O)[C@@H]1[C@@H]2CCC3(O2)C(C(=O)NC(C)(C)CC(C)(C)C)N([C@H](CO)c2ccccc2)C(=O)[C@H]13. The number of rotatable bonds is 7. The number of nitrogens with zero attached hydrogens (tertiary/aromatic N) is 1. The normalized spacial score (nSPS) is 30.8. The third kappa shape index (κ3) is 4.35. The van der Waals surface area contributed by atoms with Gasteiger partial charge in [0.1, 0.15) is 11.6 Å². The molecular formula is C27H39N3O5. The molecule has 1 aromatic rings. The summed E-state index contributed by atoms with van der Waals surface area (Å²) in [5, 5.41) is 16.3. The number of likely N-dealkylation sites (tertiary alicyclic amines) is 1. The topological polar surface area (TPSA) is 108 Å². The maximum Gasteiger partial charge on any atom is 0.246 e. The van der Waals surface area contributed by atoms with E-state index in [9.17, 15) is 19.5 Å². The third-order valence-corrected chi connectivity index (χ3v) is 7.66. The molecule has 1 aromatic carbocycles. The summed E-state index contributed by atoms with van der Waals surface area (Å²) in [6, 6.07) is 7.56. The fraction of sp³-hybridized carbons (Fsp3) is 0.667. The van der Waals surface area contributed by atoms with Crippen molar-refractivity contribution in [3.63, 3.8) is 0 Å². The number of benzene rings is 1. The van der Waals surface area contributed by atoms with Gasteiger partial charge in [0.15, 0.2) is 0 Å². The van der Waals surface area contributed by atoms with Crippen molar-refractivity contribution in [2.24, 2.45) is 17.3 Å². The van der Waals surface area contributed by atoms with E-state index in [1.165, 1.54) is 4.90 Å². The zero-order chi connectivity index (χ0) is 25.8. The Morgan fingerprint density at radius 2 is 1.83 bits per heavy atom. The van der Waals surface area contributed by atoms with Crippen LogP contribution in [0.3, 0.4) is 0 Å². The summed E-state index contributed by atoms with van der Waals surface area (Å²) in [6.07, 6.45) is 1.46. The first kappa shape index (κ1) is 25.6. The lowest BCUT2D eigenvalue weighted by Crippen LogP contribution is -2.60. The van der Waals surface area contributed by atoms with Crippen LogP contribution in [0.4, 0.5) is 0 Å². The second-order valence-corrected chi connectivity index (χ2v) is 12.1. The van der Waals surface area contributed by atoms with E-state index in [0.717, 1.165) is 12.0 Å². The summed E-state index contributed by atoms with van der Waals surface area (Å²) < 4.78 is 6.43. The Morgan fingerprint density at radius 3 is 2.40 bits per heavy atom. The average molecular weight is 486 g/mol. The molecule has 192 valence electrons. The minimum atomic E-state index is -1.09. The van der Waals surface area contributed by atoms with Gasteiger partial charge >= 0.3 is 0 Å². The van der Waals surface area contributed by atoms with Crippen LogP contribution in [0, 0.1) is 17.3 Å². The van der Waals surface area contributed by atoms with Crippen LogP contribution >= 0.6 is 0 Å². The van der Waals surface area contributed by atoms with Gasteiger partial charge in [-0.3, -0.25) is 14.4 Å². The molecule has 2 unspecified atom stereocenters. The number of aliphatic hydroxyl groups excluding tert-OH is 1. The van der Waals surface area contributed by atoms with Crippen LogP contribution in [0.2, 0.25) is 0 Å². The monoisotopic (exact) mass is 485 g/mol. The lowest BCUT2D eigenvalue weighted by Gasteiger charge is -2.40. The van der Waals surface area contributed by atoms with E-state index in [1.54, 1.807) is 7.05 Å². The largest absolute Gasteiger partial charge is 0.394 e. The van der Waals surface area contributed by atoms with Crippen molar-refractivity contribution in [2.75, 3.05) is 13.7 Å². The van der Waals surface area contributed by atoms with Crippen molar-refractivity contribution in [1.29, 1.82) is 0 Å². The van der Waals surface area contributed by atoms with Gasteiger partial charge in [0.05, 0.1) is 30.6 Å². The highest BCUT2D eigenvalue weighted by Gasteiger charge is 2.75. The van der Waals surface area contributed by atoms with E-state index in [2.05, 4.69) is 31.4 Å². The van der Waals surface area contributed by atoms with Crippen LogP contribution in [0.25, 0.3) is 0 Å². The number of hydrogen-bond acceptors (Lipinski definition) is 5. The van der Waals surface area contributed by atoms with Crippen molar-refractivity contribution in [3.8, 4) is 0 Å². The smallest absolute Gasteiger partial charge is 0.246 e. The number of amides is 3. The number of carbonyl (C=O) groups is 3. The fourth-order valence-corrected chi connectivity index (χ4v) is 6.99. The minimum absolute atomic E-state index is 0.0208. The fourth-order valence-electron chi connectivity index (χ4n) is 6.99. The van der Waals surface area contributed by atoms with Crippen LogP contribution in [0.15, 0.2) is 30.3 Å². The Morgan fingerprint density at radius 1 is 1.17 bits per heavy atom. The number of fused-ring (bicyclic) bond motifs is 1. The first-order chi connectivity index (χ1) is 16.3. The maximum absolute atomic E-state index is 14.1. The predicted molar refractivity (Wildman–Crippen MR) is 131 cm³/mol. The van der Waals surface area contributed by atoms with Crippen molar-refractivity contribution in [3.05, 3.63) is 35.9 Å². The molecule has 0 aromatic heterocycles. The van der Waals surface area contributed by atoms with Crippen LogP contribution in [0.1, 0.15) is 65.5 Å². The van der Waals surface area contributed by atoms with E-state index >= 15 is 0 Å². The molecule has 3 saturated heterocycles. The molecule has 6 atom stereocenters. The number of nitrogens with one attached hydrogen (secondary N) is 2. The Bertz CT molecular complexity index is 988. The molecule has 3 fully saturated rings. The van der Waals surface area contributed by atoms with E-state index < -0.39 is 41.2 Å². The van der Waals surface area contributed by atoms with Crippen molar-refractivity contribution < 1.29 is 24.2 Å². The van der Waals surface area contributed by atoms with Crippen LogP contribution in [0.5, 0.6) is 0 Å². The van der Waals surface area contributed by atoms with E-state index in [4.69, 9.17) is 4.74 Å². The molecule has 8 heteroatoms. The first-order valence-electron chi connectivity index (χ1n) is 12.5. The molecule has 3 aliphatic rings. The summed E-state index contributed by atoms with van der Waals surface area (Å²) >= 11 is 0. The molecule has 0 aliphatic carbocycles. The predicted octanol–water partition coefficient (Wildman–Crippen LogP) is 2.17. The molecular weight excluding hydrogens is 446 g/mol. The second kappa shape index (κ2) is 8.89. The van der Waals surface area contributed by atoms with Gasteiger partial charge in [-0.2, -0.15) is 0 Å². The third-order valence-electron chi connectivity index (χ3n) is 7.66. The number of ether oxygens (including phenoxy) is 1. The second-order valence-electron chi connectivity index (χ2n) is 12.1. The standard InChI is InChI=1S/C27H39N3O5/c1-25(2,3)15-26(4,5)29-23(33)21-27-13-12-18(35-27)19(22(32)28-6)20(27)24(34)30(21)17(14-31)16-10-8-7-9-11-16/h7-11,17-21,31H,12-15H2,1-6H3,(H,28,32)(H,29,33)/t17-,18+,19-,20+,21?,27?/m1/s1. The molecule has 0 radical (unpaired) electrons. The molecule has 8 nitrogen and oxygen atoms in total. The number of aliphatic hydroxyl groups is 1. The zero-order valence-corrected chi connectivity index (χ0v) is 21.6. The highest BCUT2D eigenvalue weighted by Crippen LogP contribution is 2.59. The van der Waals surface area contributed by atoms with Gasteiger partial charge in [-0.25, -0.2) is 0 Å². The number of carbonyl (C=O) groups excluding carboxylic acids is 3. The van der Waals surface area contributed by atoms with Crippen molar-refractivity contribution in [2.45, 2.75) is 83.2 Å². The quantitative estimate of drug-likeness (QED) is 0.549.